The number of fused-ring (bicyclic) bond motifs is 1. The Bertz CT molecular complexity index is 895. The van der Waals surface area contributed by atoms with Gasteiger partial charge in [-0.3, -0.25) is 9.89 Å². The number of rotatable bonds is 4. The van der Waals surface area contributed by atoms with Gasteiger partial charge in [0.2, 0.25) is 5.91 Å². The largest absolute Gasteiger partial charge is 0.342 e. The topological polar surface area (TPSA) is 49.0 Å². The Morgan fingerprint density at radius 3 is 2.73 bits per heavy atom. The highest BCUT2D eigenvalue weighted by molar-refractivity contribution is 5.85. The first-order valence-electron chi connectivity index (χ1n) is 8.98. The summed E-state index contributed by atoms with van der Waals surface area (Å²) in [4.78, 5) is 14.4. The Hall–Kier alpha value is -2.69. The number of carbonyl (C=O) groups excluding carboxylic acids is 1. The SMILES string of the molecule is O=C([CH]Cc1ccc2[nH]ncc2c1)N1CCC(c2ccc(F)cc2)CC1. The predicted molar refractivity (Wildman–Crippen MR) is 99.1 cm³/mol. The molecule has 133 valence electrons. The molecule has 26 heavy (non-hydrogen) atoms. The molecule has 1 aliphatic heterocycles. The number of benzene rings is 2. The third-order valence-corrected chi connectivity index (χ3v) is 5.17. The molecule has 0 unspecified atom stereocenters. The average Bonchev–Trinajstić information content (AvgIpc) is 3.15. The molecule has 4 rings (SSSR count). The van der Waals surface area contributed by atoms with Gasteiger partial charge in [-0.15, -0.1) is 0 Å². The number of likely N-dealkylation sites (tertiary alicyclic amines) is 1. The first kappa shape index (κ1) is 16.8. The zero-order valence-electron chi connectivity index (χ0n) is 14.5. The smallest absolute Gasteiger partial charge is 0.226 e. The third-order valence-electron chi connectivity index (χ3n) is 5.17. The number of hydrogen-bond acceptors (Lipinski definition) is 2. The first-order chi connectivity index (χ1) is 12.7. The van der Waals surface area contributed by atoms with Crippen LogP contribution in [-0.2, 0) is 11.2 Å². The molecule has 1 aliphatic rings. The molecule has 0 atom stereocenters. The normalized spacial score (nSPS) is 15.5. The van der Waals surface area contributed by atoms with E-state index in [9.17, 15) is 9.18 Å². The highest BCUT2D eigenvalue weighted by atomic mass is 19.1. The van der Waals surface area contributed by atoms with Crippen LogP contribution in [-0.4, -0.2) is 34.1 Å². The summed E-state index contributed by atoms with van der Waals surface area (Å²) in [5.74, 6) is 0.294. The lowest BCUT2D eigenvalue weighted by atomic mass is 9.89. The molecule has 2 heterocycles. The van der Waals surface area contributed by atoms with E-state index in [1.165, 1.54) is 12.1 Å². The van der Waals surface area contributed by atoms with Crippen molar-refractivity contribution in [2.45, 2.75) is 25.2 Å². The van der Waals surface area contributed by atoms with Crippen LogP contribution in [0.1, 0.15) is 29.9 Å². The summed E-state index contributed by atoms with van der Waals surface area (Å²) in [5.41, 5.74) is 3.27. The van der Waals surface area contributed by atoms with E-state index in [1.807, 2.05) is 29.2 Å². The molecule has 1 fully saturated rings. The monoisotopic (exact) mass is 350 g/mol. The van der Waals surface area contributed by atoms with Crippen molar-refractivity contribution in [2.75, 3.05) is 13.1 Å². The van der Waals surface area contributed by atoms with Crippen LogP contribution in [0.25, 0.3) is 10.9 Å². The Morgan fingerprint density at radius 1 is 1.19 bits per heavy atom. The van der Waals surface area contributed by atoms with Crippen LogP contribution in [0, 0.1) is 12.2 Å². The molecular formula is C21H21FN3O. The van der Waals surface area contributed by atoms with Gasteiger partial charge in [0.1, 0.15) is 5.82 Å². The zero-order chi connectivity index (χ0) is 17.9. The molecule has 1 amide bonds. The molecule has 0 spiro atoms. The van der Waals surface area contributed by atoms with Crippen molar-refractivity contribution in [3.05, 3.63) is 72.0 Å². The van der Waals surface area contributed by atoms with E-state index < -0.39 is 0 Å². The number of aromatic nitrogens is 2. The Labute approximate surface area is 152 Å². The van der Waals surface area contributed by atoms with Gasteiger partial charge in [-0.25, -0.2) is 4.39 Å². The summed E-state index contributed by atoms with van der Waals surface area (Å²) in [6.45, 7) is 1.50. The Kier molecular flexibility index (Phi) is 4.69. The van der Waals surface area contributed by atoms with Crippen LogP contribution in [0.5, 0.6) is 0 Å². The maximum atomic E-state index is 13.1. The molecule has 1 aromatic heterocycles. The summed E-state index contributed by atoms with van der Waals surface area (Å²) in [7, 11) is 0. The quantitative estimate of drug-likeness (QED) is 0.777. The summed E-state index contributed by atoms with van der Waals surface area (Å²) in [6.07, 6.45) is 6.02. The molecule has 1 N–H and O–H groups in total. The van der Waals surface area contributed by atoms with Crippen LogP contribution in [0.2, 0.25) is 0 Å². The molecule has 4 nitrogen and oxygen atoms in total. The number of piperidine rings is 1. The predicted octanol–water partition coefficient (Wildman–Crippen LogP) is 3.85. The fraction of sp³-hybridized carbons (Fsp3) is 0.286. The van der Waals surface area contributed by atoms with Crippen LogP contribution < -0.4 is 0 Å². The summed E-state index contributed by atoms with van der Waals surface area (Å²) >= 11 is 0. The van der Waals surface area contributed by atoms with Gasteiger partial charge in [0.25, 0.3) is 0 Å². The maximum Gasteiger partial charge on any atom is 0.226 e. The molecule has 1 radical (unpaired) electrons. The van der Waals surface area contributed by atoms with E-state index >= 15 is 0 Å². The average molecular weight is 350 g/mol. The van der Waals surface area contributed by atoms with Gasteiger partial charge in [-0.1, -0.05) is 18.2 Å². The number of nitrogens with zero attached hydrogens (tertiary/aromatic N) is 2. The standard InChI is InChI=1S/C21H21FN3O/c22-19-5-3-16(4-6-19)17-9-11-25(12-10-17)21(26)8-2-15-1-7-20-18(13-15)14-23-24-20/h1,3-8,13-14,17H,2,9-12H2,(H,23,24). The number of halogens is 1. The minimum Gasteiger partial charge on any atom is -0.342 e. The number of amides is 1. The molecule has 0 bridgehead atoms. The fourth-order valence-electron chi connectivity index (χ4n) is 3.62. The van der Waals surface area contributed by atoms with Gasteiger partial charge in [0, 0.05) is 18.5 Å². The van der Waals surface area contributed by atoms with Crippen molar-refractivity contribution < 1.29 is 9.18 Å². The number of hydrogen-bond donors (Lipinski definition) is 1. The summed E-state index contributed by atoms with van der Waals surface area (Å²) < 4.78 is 13.1. The molecular weight excluding hydrogens is 329 g/mol. The molecule has 0 aliphatic carbocycles. The van der Waals surface area contributed by atoms with Crippen molar-refractivity contribution in [3.63, 3.8) is 0 Å². The van der Waals surface area contributed by atoms with E-state index in [0.29, 0.717) is 12.3 Å². The second-order valence-corrected chi connectivity index (χ2v) is 6.85. The molecule has 5 heteroatoms. The second-order valence-electron chi connectivity index (χ2n) is 6.85. The molecule has 1 saturated heterocycles. The second kappa shape index (κ2) is 7.28. The van der Waals surface area contributed by atoms with E-state index in [1.54, 1.807) is 12.6 Å². The van der Waals surface area contributed by atoms with Gasteiger partial charge in [-0.05, 0) is 60.6 Å². The van der Waals surface area contributed by atoms with Crippen LogP contribution >= 0.6 is 0 Å². The van der Waals surface area contributed by atoms with E-state index in [4.69, 9.17) is 0 Å². The zero-order valence-corrected chi connectivity index (χ0v) is 14.5. The maximum absolute atomic E-state index is 13.1. The fourth-order valence-corrected chi connectivity index (χ4v) is 3.62. The van der Waals surface area contributed by atoms with Gasteiger partial charge in [-0.2, -0.15) is 5.10 Å². The number of nitrogens with one attached hydrogen (secondary N) is 1. The minimum absolute atomic E-state index is 0.0925. The van der Waals surface area contributed by atoms with Crippen molar-refractivity contribution >= 4 is 16.8 Å². The van der Waals surface area contributed by atoms with Crippen LogP contribution in [0.15, 0.2) is 48.7 Å². The van der Waals surface area contributed by atoms with Crippen molar-refractivity contribution in [2.24, 2.45) is 0 Å². The number of aromatic amines is 1. The lowest BCUT2D eigenvalue weighted by Crippen LogP contribution is -2.38. The third kappa shape index (κ3) is 3.62. The van der Waals surface area contributed by atoms with E-state index in [2.05, 4.69) is 16.3 Å². The van der Waals surface area contributed by atoms with Crippen molar-refractivity contribution in [3.8, 4) is 0 Å². The Morgan fingerprint density at radius 2 is 1.96 bits per heavy atom. The van der Waals surface area contributed by atoms with Crippen LogP contribution in [0.3, 0.4) is 0 Å². The van der Waals surface area contributed by atoms with Crippen molar-refractivity contribution in [1.29, 1.82) is 0 Å². The highest BCUT2D eigenvalue weighted by Crippen LogP contribution is 2.28. The first-order valence-corrected chi connectivity index (χ1v) is 8.98. The van der Waals surface area contributed by atoms with E-state index in [-0.39, 0.29) is 11.7 Å². The minimum atomic E-state index is -0.204. The lowest BCUT2D eigenvalue weighted by Gasteiger charge is -2.32. The highest BCUT2D eigenvalue weighted by Gasteiger charge is 2.23. The van der Waals surface area contributed by atoms with Gasteiger partial charge in [0.05, 0.1) is 18.1 Å². The summed E-state index contributed by atoms with van der Waals surface area (Å²) in [6, 6.07) is 12.8. The van der Waals surface area contributed by atoms with Gasteiger partial charge in [0.15, 0.2) is 0 Å². The summed E-state index contributed by atoms with van der Waals surface area (Å²) in [5, 5.41) is 8.00. The molecule has 0 saturated carbocycles. The van der Waals surface area contributed by atoms with Crippen molar-refractivity contribution in [1.82, 2.24) is 15.1 Å². The van der Waals surface area contributed by atoms with E-state index in [0.717, 1.165) is 48.0 Å². The number of carbonyl (C=O) groups is 1. The van der Waals surface area contributed by atoms with Crippen LogP contribution in [0.4, 0.5) is 4.39 Å². The number of H-pyrrole nitrogens is 1. The Balaban J connectivity index is 1.29. The molecule has 3 aromatic rings. The van der Waals surface area contributed by atoms with Gasteiger partial charge < -0.3 is 4.90 Å². The van der Waals surface area contributed by atoms with Gasteiger partial charge >= 0.3 is 0 Å². The lowest BCUT2D eigenvalue weighted by molar-refractivity contribution is -0.128. The molecule has 2 aromatic carbocycles.